The Labute approximate surface area is 115 Å². The third-order valence-corrected chi connectivity index (χ3v) is 3.88. The Balaban J connectivity index is 2.64. The van der Waals surface area contributed by atoms with Gasteiger partial charge in [0.05, 0.1) is 0 Å². The van der Waals surface area contributed by atoms with Crippen molar-refractivity contribution >= 4 is 11.7 Å². The summed E-state index contributed by atoms with van der Waals surface area (Å²) in [5.74, 6) is -0.0612. The van der Waals surface area contributed by atoms with Gasteiger partial charge in [-0.25, -0.2) is 0 Å². The molecule has 19 heavy (non-hydrogen) atoms. The third kappa shape index (κ3) is 3.83. The van der Waals surface area contributed by atoms with E-state index in [9.17, 15) is 4.79 Å². The summed E-state index contributed by atoms with van der Waals surface area (Å²) in [7, 11) is 4.01. The summed E-state index contributed by atoms with van der Waals surface area (Å²) in [5, 5.41) is 15.0. The molecule has 0 aromatic carbocycles. The number of hydrogen-bond acceptors (Lipinski definition) is 4. The van der Waals surface area contributed by atoms with Crippen molar-refractivity contribution in [3.05, 3.63) is 0 Å². The SMILES string of the molecule is CC(CCN(C)C)NC(=O)C1(/C(N)=N/O)CCCC1. The zero-order valence-corrected chi connectivity index (χ0v) is 12.1. The number of nitrogens with two attached hydrogens (primary N) is 1. The molecular formula is C13H26N4O2. The van der Waals surface area contributed by atoms with Crippen LogP contribution in [0, 0.1) is 5.41 Å². The van der Waals surface area contributed by atoms with Crippen LogP contribution in [-0.4, -0.2) is 48.5 Å². The van der Waals surface area contributed by atoms with Crippen molar-refractivity contribution < 1.29 is 10.0 Å². The van der Waals surface area contributed by atoms with Crippen LogP contribution in [0.1, 0.15) is 39.0 Å². The van der Waals surface area contributed by atoms with Crippen LogP contribution in [-0.2, 0) is 4.79 Å². The fourth-order valence-corrected chi connectivity index (χ4v) is 2.56. The minimum atomic E-state index is -0.804. The molecule has 0 bridgehead atoms. The third-order valence-electron chi connectivity index (χ3n) is 3.88. The van der Waals surface area contributed by atoms with Gasteiger partial charge < -0.3 is 21.2 Å². The molecule has 110 valence electrons. The van der Waals surface area contributed by atoms with Crippen LogP contribution >= 0.6 is 0 Å². The molecule has 0 heterocycles. The molecule has 0 aromatic heterocycles. The van der Waals surface area contributed by atoms with Gasteiger partial charge in [0, 0.05) is 6.04 Å². The van der Waals surface area contributed by atoms with Gasteiger partial charge in [0.1, 0.15) is 5.41 Å². The molecule has 0 aliphatic heterocycles. The lowest BCUT2D eigenvalue weighted by Crippen LogP contribution is -2.50. The number of nitrogens with one attached hydrogen (secondary N) is 1. The highest BCUT2D eigenvalue weighted by molar-refractivity contribution is 6.07. The second-order valence-electron chi connectivity index (χ2n) is 5.74. The summed E-state index contributed by atoms with van der Waals surface area (Å²) in [4.78, 5) is 14.5. The van der Waals surface area contributed by atoms with Gasteiger partial charge in [-0.3, -0.25) is 4.79 Å². The largest absolute Gasteiger partial charge is 0.409 e. The molecule has 0 aromatic rings. The summed E-state index contributed by atoms with van der Waals surface area (Å²) in [6, 6.07) is 0.0823. The average molecular weight is 270 g/mol. The fraction of sp³-hybridized carbons (Fsp3) is 0.846. The lowest BCUT2D eigenvalue weighted by Gasteiger charge is -2.28. The van der Waals surface area contributed by atoms with Gasteiger partial charge in [0.25, 0.3) is 0 Å². The van der Waals surface area contributed by atoms with Crippen molar-refractivity contribution in [1.29, 1.82) is 0 Å². The van der Waals surface area contributed by atoms with Crippen LogP contribution in [0.4, 0.5) is 0 Å². The molecule has 1 saturated carbocycles. The minimum Gasteiger partial charge on any atom is -0.409 e. The van der Waals surface area contributed by atoms with E-state index in [0.717, 1.165) is 25.8 Å². The zero-order valence-electron chi connectivity index (χ0n) is 12.1. The molecule has 1 aliphatic carbocycles. The predicted molar refractivity (Wildman–Crippen MR) is 75.1 cm³/mol. The second-order valence-corrected chi connectivity index (χ2v) is 5.74. The first-order chi connectivity index (χ1) is 8.92. The van der Waals surface area contributed by atoms with E-state index in [-0.39, 0.29) is 17.8 Å². The van der Waals surface area contributed by atoms with E-state index in [1.54, 1.807) is 0 Å². The van der Waals surface area contributed by atoms with Gasteiger partial charge in [-0.1, -0.05) is 18.0 Å². The molecule has 6 nitrogen and oxygen atoms in total. The topological polar surface area (TPSA) is 91.0 Å². The van der Waals surface area contributed by atoms with E-state index >= 15 is 0 Å². The monoisotopic (exact) mass is 270 g/mol. The summed E-state index contributed by atoms with van der Waals surface area (Å²) >= 11 is 0. The van der Waals surface area contributed by atoms with Crippen molar-refractivity contribution in [3.8, 4) is 0 Å². The molecule has 1 unspecified atom stereocenters. The number of amidine groups is 1. The summed E-state index contributed by atoms with van der Waals surface area (Å²) in [5.41, 5.74) is 4.94. The Morgan fingerprint density at radius 3 is 2.53 bits per heavy atom. The van der Waals surface area contributed by atoms with Crippen LogP contribution in [0.3, 0.4) is 0 Å². The molecule has 0 spiro atoms. The van der Waals surface area contributed by atoms with Gasteiger partial charge in [0.15, 0.2) is 5.84 Å². The Kier molecular flexibility index (Phi) is 5.60. The van der Waals surface area contributed by atoms with Crippen molar-refractivity contribution in [2.75, 3.05) is 20.6 Å². The smallest absolute Gasteiger partial charge is 0.234 e. The lowest BCUT2D eigenvalue weighted by molar-refractivity contribution is -0.128. The molecule has 1 amide bonds. The summed E-state index contributed by atoms with van der Waals surface area (Å²) < 4.78 is 0. The Morgan fingerprint density at radius 2 is 2.05 bits per heavy atom. The molecule has 0 saturated heterocycles. The van der Waals surface area contributed by atoms with Gasteiger partial charge in [-0.05, 0) is 46.8 Å². The van der Waals surface area contributed by atoms with E-state index in [1.165, 1.54) is 0 Å². The number of oxime groups is 1. The van der Waals surface area contributed by atoms with Crippen molar-refractivity contribution in [2.45, 2.75) is 45.1 Å². The van der Waals surface area contributed by atoms with Crippen LogP contribution in [0.5, 0.6) is 0 Å². The van der Waals surface area contributed by atoms with Gasteiger partial charge in [-0.15, -0.1) is 0 Å². The van der Waals surface area contributed by atoms with Crippen LogP contribution in [0.15, 0.2) is 5.16 Å². The highest BCUT2D eigenvalue weighted by atomic mass is 16.4. The predicted octanol–water partition coefficient (Wildman–Crippen LogP) is 0.750. The van der Waals surface area contributed by atoms with Gasteiger partial charge in [-0.2, -0.15) is 0 Å². The zero-order chi connectivity index (χ0) is 14.5. The average Bonchev–Trinajstić information content (AvgIpc) is 2.86. The van der Waals surface area contributed by atoms with Gasteiger partial charge in [0.2, 0.25) is 5.91 Å². The van der Waals surface area contributed by atoms with Crippen molar-refractivity contribution in [3.63, 3.8) is 0 Å². The van der Waals surface area contributed by atoms with Crippen molar-refractivity contribution in [2.24, 2.45) is 16.3 Å². The Hall–Kier alpha value is -1.30. The van der Waals surface area contributed by atoms with Crippen LogP contribution in [0.2, 0.25) is 0 Å². The van der Waals surface area contributed by atoms with E-state index in [2.05, 4.69) is 15.4 Å². The Bertz CT molecular complexity index is 336. The number of carbonyl (C=O) groups excluding carboxylic acids is 1. The summed E-state index contributed by atoms with van der Waals surface area (Å²) in [6.45, 7) is 2.90. The molecular weight excluding hydrogens is 244 g/mol. The first kappa shape index (κ1) is 15.8. The van der Waals surface area contributed by atoms with E-state index in [1.807, 2.05) is 21.0 Å². The molecule has 6 heteroatoms. The van der Waals surface area contributed by atoms with E-state index in [0.29, 0.717) is 12.8 Å². The number of nitrogens with zero attached hydrogens (tertiary/aromatic N) is 2. The first-order valence-corrected chi connectivity index (χ1v) is 6.86. The molecule has 1 atom stereocenters. The molecule has 4 N–H and O–H groups in total. The van der Waals surface area contributed by atoms with Gasteiger partial charge >= 0.3 is 0 Å². The first-order valence-electron chi connectivity index (χ1n) is 6.86. The number of hydrogen-bond donors (Lipinski definition) is 3. The maximum atomic E-state index is 12.4. The normalized spacial score (nSPS) is 20.5. The second kappa shape index (κ2) is 6.75. The van der Waals surface area contributed by atoms with E-state index in [4.69, 9.17) is 10.9 Å². The Morgan fingerprint density at radius 1 is 1.47 bits per heavy atom. The highest BCUT2D eigenvalue weighted by Gasteiger charge is 2.45. The maximum Gasteiger partial charge on any atom is 0.234 e. The van der Waals surface area contributed by atoms with Crippen molar-refractivity contribution in [1.82, 2.24) is 10.2 Å². The minimum absolute atomic E-state index is 0.0438. The molecule has 1 fully saturated rings. The molecule has 0 radical (unpaired) electrons. The summed E-state index contributed by atoms with van der Waals surface area (Å²) in [6.07, 6.45) is 4.08. The molecule has 1 rings (SSSR count). The number of carbonyl (C=O) groups is 1. The standard InChI is InChI=1S/C13H26N4O2/c1-10(6-9-17(2)3)15-12(18)13(11(14)16-19)7-4-5-8-13/h10,19H,4-9H2,1-3H3,(H2,14,16)(H,15,18). The number of amides is 1. The van der Waals surface area contributed by atoms with Crippen LogP contribution in [0.25, 0.3) is 0 Å². The molecule has 1 aliphatic rings. The number of rotatable bonds is 6. The highest BCUT2D eigenvalue weighted by Crippen LogP contribution is 2.38. The van der Waals surface area contributed by atoms with Crippen LogP contribution < -0.4 is 11.1 Å². The fourth-order valence-electron chi connectivity index (χ4n) is 2.56. The quantitative estimate of drug-likeness (QED) is 0.287. The lowest BCUT2D eigenvalue weighted by atomic mass is 9.83. The van der Waals surface area contributed by atoms with E-state index < -0.39 is 5.41 Å². The maximum absolute atomic E-state index is 12.4.